The van der Waals surface area contributed by atoms with Crippen LogP contribution in [0.3, 0.4) is 0 Å². The standard InChI is InChI=1S/C16H25N3OS/c1-11(2)20-14-13(18)12(10-17)21-15(14)19-8-5-6-16(3,4)7-9-19/h11H,5-9,18H2,1-4H3. The lowest BCUT2D eigenvalue weighted by Crippen LogP contribution is -2.25. The Labute approximate surface area is 131 Å². The molecule has 2 rings (SSSR count). The first-order chi connectivity index (χ1) is 9.84. The van der Waals surface area contributed by atoms with Crippen LogP contribution in [-0.2, 0) is 0 Å². The average Bonchev–Trinajstić information content (AvgIpc) is 2.58. The first kappa shape index (κ1) is 16.0. The van der Waals surface area contributed by atoms with Gasteiger partial charge in [-0.1, -0.05) is 13.8 Å². The van der Waals surface area contributed by atoms with E-state index in [1.807, 2.05) is 13.8 Å². The minimum atomic E-state index is 0.0515. The number of thiophene rings is 1. The van der Waals surface area contributed by atoms with E-state index in [0.717, 1.165) is 30.9 Å². The lowest BCUT2D eigenvalue weighted by molar-refractivity contribution is 0.245. The molecule has 0 bridgehead atoms. The molecule has 0 spiro atoms. The van der Waals surface area contributed by atoms with Crippen LogP contribution in [-0.4, -0.2) is 19.2 Å². The predicted molar refractivity (Wildman–Crippen MR) is 89.1 cm³/mol. The van der Waals surface area contributed by atoms with Gasteiger partial charge in [0, 0.05) is 13.1 Å². The molecule has 0 amide bonds. The number of hydrogen-bond donors (Lipinski definition) is 1. The van der Waals surface area contributed by atoms with Gasteiger partial charge in [0.1, 0.15) is 21.6 Å². The van der Waals surface area contributed by atoms with Gasteiger partial charge >= 0.3 is 0 Å². The van der Waals surface area contributed by atoms with Crippen LogP contribution < -0.4 is 15.4 Å². The third-order valence-corrected chi connectivity index (χ3v) is 5.12. The Bertz CT molecular complexity index is 542. The summed E-state index contributed by atoms with van der Waals surface area (Å²) in [6.45, 7) is 10.6. The third kappa shape index (κ3) is 3.62. The topological polar surface area (TPSA) is 62.3 Å². The SMILES string of the molecule is CC(C)Oc1c(N2CCCC(C)(C)CC2)sc(C#N)c1N. The van der Waals surface area contributed by atoms with E-state index in [1.54, 1.807) is 0 Å². The van der Waals surface area contributed by atoms with E-state index in [9.17, 15) is 5.26 Å². The fraction of sp³-hybridized carbons (Fsp3) is 0.688. The highest BCUT2D eigenvalue weighted by Crippen LogP contribution is 2.46. The van der Waals surface area contributed by atoms with E-state index in [-0.39, 0.29) is 6.10 Å². The van der Waals surface area contributed by atoms with Crippen LogP contribution >= 0.6 is 11.3 Å². The van der Waals surface area contributed by atoms with E-state index in [4.69, 9.17) is 10.5 Å². The summed E-state index contributed by atoms with van der Waals surface area (Å²) in [5, 5.41) is 10.3. The minimum absolute atomic E-state index is 0.0515. The predicted octanol–water partition coefficient (Wildman–Crippen LogP) is 4.01. The summed E-state index contributed by atoms with van der Waals surface area (Å²) < 4.78 is 5.90. The molecule has 0 aliphatic carbocycles. The Kier molecular flexibility index (Phi) is 4.67. The quantitative estimate of drug-likeness (QED) is 0.916. The normalized spacial score (nSPS) is 18.4. The number of ether oxygens (including phenoxy) is 1. The zero-order chi connectivity index (χ0) is 15.6. The first-order valence-electron chi connectivity index (χ1n) is 7.58. The monoisotopic (exact) mass is 307 g/mol. The van der Waals surface area contributed by atoms with E-state index in [0.29, 0.717) is 21.7 Å². The second-order valence-electron chi connectivity index (χ2n) is 6.76. The molecular weight excluding hydrogens is 282 g/mol. The van der Waals surface area contributed by atoms with E-state index >= 15 is 0 Å². The largest absolute Gasteiger partial charge is 0.486 e. The molecule has 5 heteroatoms. The van der Waals surface area contributed by atoms with Crippen molar-refractivity contribution in [3.05, 3.63) is 4.88 Å². The van der Waals surface area contributed by atoms with Gasteiger partial charge in [-0.15, -0.1) is 11.3 Å². The van der Waals surface area contributed by atoms with Crippen LogP contribution in [0.2, 0.25) is 0 Å². The Balaban J connectivity index is 2.32. The molecule has 2 N–H and O–H groups in total. The molecule has 21 heavy (non-hydrogen) atoms. The molecule has 1 aliphatic rings. The molecule has 0 aromatic carbocycles. The van der Waals surface area contributed by atoms with Crippen LogP contribution in [0.4, 0.5) is 10.7 Å². The van der Waals surface area contributed by atoms with Crippen molar-refractivity contribution >= 4 is 22.0 Å². The number of nitrogens with two attached hydrogens (primary N) is 1. The lowest BCUT2D eigenvalue weighted by atomic mass is 9.85. The number of nitrogens with zero attached hydrogens (tertiary/aromatic N) is 2. The Morgan fingerprint density at radius 2 is 2.05 bits per heavy atom. The number of anilines is 2. The van der Waals surface area contributed by atoms with Crippen molar-refractivity contribution in [3.8, 4) is 11.8 Å². The van der Waals surface area contributed by atoms with Gasteiger partial charge in [-0.3, -0.25) is 0 Å². The fourth-order valence-electron chi connectivity index (χ4n) is 2.68. The van der Waals surface area contributed by atoms with Crippen molar-refractivity contribution in [2.75, 3.05) is 23.7 Å². The van der Waals surface area contributed by atoms with Gasteiger partial charge in [0.15, 0.2) is 5.75 Å². The van der Waals surface area contributed by atoms with Gasteiger partial charge in [-0.25, -0.2) is 0 Å². The fourth-order valence-corrected chi connectivity index (χ4v) is 3.69. The Hall–Kier alpha value is -1.41. The molecular formula is C16H25N3OS. The average molecular weight is 307 g/mol. The lowest BCUT2D eigenvalue weighted by Gasteiger charge is -2.25. The molecule has 0 unspecified atom stereocenters. The summed E-state index contributed by atoms with van der Waals surface area (Å²) in [5.74, 6) is 0.700. The molecule has 1 aromatic heterocycles. The van der Waals surface area contributed by atoms with E-state index in [1.165, 1.54) is 17.8 Å². The molecule has 0 radical (unpaired) electrons. The van der Waals surface area contributed by atoms with Crippen molar-refractivity contribution in [2.45, 2.75) is 53.1 Å². The van der Waals surface area contributed by atoms with Crippen LogP contribution in [0.25, 0.3) is 0 Å². The molecule has 1 saturated heterocycles. The molecule has 4 nitrogen and oxygen atoms in total. The third-order valence-electron chi connectivity index (χ3n) is 3.96. The molecule has 0 saturated carbocycles. The number of rotatable bonds is 3. The Morgan fingerprint density at radius 3 is 2.67 bits per heavy atom. The second-order valence-corrected chi connectivity index (χ2v) is 7.76. The number of hydrogen-bond acceptors (Lipinski definition) is 5. The molecule has 116 valence electrons. The van der Waals surface area contributed by atoms with Crippen molar-refractivity contribution in [1.29, 1.82) is 5.26 Å². The van der Waals surface area contributed by atoms with Gasteiger partial charge < -0.3 is 15.4 Å². The van der Waals surface area contributed by atoms with Gasteiger partial charge in [0.05, 0.1) is 6.10 Å². The maximum Gasteiger partial charge on any atom is 0.178 e. The maximum absolute atomic E-state index is 9.23. The van der Waals surface area contributed by atoms with Crippen LogP contribution in [0.15, 0.2) is 0 Å². The van der Waals surface area contributed by atoms with Crippen molar-refractivity contribution in [1.82, 2.24) is 0 Å². The first-order valence-corrected chi connectivity index (χ1v) is 8.39. The van der Waals surface area contributed by atoms with Gasteiger partial charge in [0.25, 0.3) is 0 Å². The summed E-state index contributed by atoms with van der Waals surface area (Å²) in [6.07, 6.45) is 3.59. The molecule has 1 aromatic rings. The summed E-state index contributed by atoms with van der Waals surface area (Å²) in [6, 6.07) is 2.19. The molecule has 1 aliphatic heterocycles. The smallest absolute Gasteiger partial charge is 0.178 e. The van der Waals surface area contributed by atoms with E-state index < -0.39 is 0 Å². The van der Waals surface area contributed by atoms with Gasteiger partial charge in [-0.05, 0) is 38.5 Å². The van der Waals surface area contributed by atoms with Crippen LogP contribution in [0.5, 0.6) is 5.75 Å². The summed E-state index contributed by atoms with van der Waals surface area (Å²) >= 11 is 1.46. The number of nitriles is 1. The van der Waals surface area contributed by atoms with Gasteiger partial charge in [0.2, 0.25) is 0 Å². The highest BCUT2D eigenvalue weighted by molar-refractivity contribution is 7.17. The summed E-state index contributed by atoms with van der Waals surface area (Å²) in [7, 11) is 0. The second kappa shape index (κ2) is 6.15. The highest BCUT2D eigenvalue weighted by Gasteiger charge is 2.28. The zero-order valence-corrected chi connectivity index (χ0v) is 14.2. The minimum Gasteiger partial charge on any atom is -0.486 e. The highest BCUT2D eigenvalue weighted by atomic mass is 32.1. The van der Waals surface area contributed by atoms with Crippen molar-refractivity contribution in [2.24, 2.45) is 5.41 Å². The van der Waals surface area contributed by atoms with Crippen molar-refractivity contribution in [3.63, 3.8) is 0 Å². The van der Waals surface area contributed by atoms with E-state index in [2.05, 4.69) is 24.8 Å². The summed E-state index contributed by atoms with van der Waals surface area (Å²) in [4.78, 5) is 2.90. The van der Waals surface area contributed by atoms with Crippen LogP contribution in [0, 0.1) is 16.7 Å². The molecule has 0 atom stereocenters. The maximum atomic E-state index is 9.23. The summed E-state index contributed by atoms with van der Waals surface area (Å²) in [5.41, 5.74) is 6.98. The zero-order valence-electron chi connectivity index (χ0n) is 13.4. The molecule has 2 heterocycles. The molecule has 1 fully saturated rings. The number of nitrogen functional groups attached to an aromatic ring is 1. The van der Waals surface area contributed by atoms with Gasteiger partial charge in [-0.2, -0.15) is 5.26 Å². The van der Waals surface area contributed by atoms with Crippen molar-refractivity contribution < 1.29 is 4.74 Å². The Morgan fingerprint density at radius 1 is 1.33 bits per heavy atom. The van der Waals surface area contributed by atoms with Crippen LogP contribution in [0.1, 0.15) is 51.8 Å².